The van der Waals surface area contributed by atoms with E-state index in [1.54, 1.807) is 14.2 Å². The lowest BCUT2D eigenvalue weighted by molar-refractivity contribution is -0.121. The van der Waals surface area contributed by atoms with Crippen LogP contribution in [0.5, 0.6) is 11.5 Å². The summed E-state index contributed by atoms with van der Waals surface area (Å²) in [6, 6.07) is 22.9. The highest BCUT2D eigenvalue weighted by molar-refractivity contribution is 7.99. The molecule has 5 rings (SSSR count). The van der Waals surface area contributed by atoms with E-state index in [2.05, 4.69) is 77.3 Å². The van der Waals surface area contributed by atoms with Crippen LogP contribution in [0.2, 0.25) is 0 Å². The van der Waals surface area contributed by atoms with Gasteiger partial charge in [0.1, 0.15) is 5.52 Å². The highest BCUT2D eigenvalue weighted by Gasteiger charge is 2.17. The fourth-order valence-corrected chi connectivity index (χ4v) is 5.79. The van der Waals surface area contributed by atoms with Crippen molar-refractivity contribution in [3.8, 4) is 11.5 Å². The lowest BCUT2D eigenvalue weighted by Gasteiger charge is -2.19. The minimum atomic E-state index is 0.0353. The molecule has 0 aliphatic rings. The number of rotatable bonds is 12. The molecule has 3 aromatic carbocycles. The number of fused-ring (bicyclic) bond motifs is 3. The first-order chi connectivity index (χ1) is 20.8. The van der Waals surface area contributed by atoms with E-state index < -0.39 is 0 Å². The smallest absolute Gasteiger partial charge is 0.220 e. The van der Waals surface area contributed by atoms with Gasteiger partial charge < -0.3 is 19.4 Å². The molecule has 0 radical (unpaired) electrons. The molecule has 0 unspecified atom stereocenters. The van der Waals surface area contributed by atoms with Crippen molar-refractivity contribution in [2.75, 3.05) is 26.5 Å². The molecule has 5 aromatic rings. The summed E-state index contributed by atoms with van der Waals surface area (Å²) in [5.74, 6) is 2.14. The van der Waals surface area contributed by atoms with Gasteiger partial charge in [0.15, 0.2) is 17.1 Å². The third-order valence-corrected chi connectivity index (χ3v) is 8.40. The van der Waals surface area contributed by atoms with E-state index in [-0.39, 0.29) is 11.3 Å². The number of benzene rings is 3. The number of carbonyl (C=O) groups excluding carboxylic acids is 1. The number of para-hydroxylation sites is 1. The van der Waals surface area contributed by atoms with Crippen LogP contribution in [-0.2, 0) is 23.2 Å². The number of hydrogen-bond acceptors (Lipinski definition) is 7. The number of methoxy groups -OCH3 is 2. The molecular formula is C34H39N5O3S. The lowest BCUT2D eigenvalue weighted by Crippen LogP contribution is -2.25. The zero-order valence-electron chi connectivity index (χ0n) is 25.5. The Labute approximate surface area is 257 Å². The van der Waals surface area contributed by atoms with Crippen molar-refractivity contribution in [2.45, 2.75) is 57.1 Å². The van der Waals surface area contributed by atoms with E-state index >= 15 is 0 Å². The Morgan fingerprint density at radius 2 is 1.67 bits per heavy atom. The van der Waals surface area contributed by atoms with Crippen LogP contribution < -0.4 is 14.8 Å². The molecule has 1 amide bonds. The van der Waals surface area contributed by atoms with Crippen molar-refractivity contribution in [3.05, 3.63) is 83.4 Å². The van der Waals surface area contributed by atoms with Crippen LogP contribution in [0, 0.1) is 0 Å². The van der Waals surface area contributed by atoms with Crippen LogP contribution in [0.3, 0.4) is 0 Å². The van der Waals surface area contributed by atoms with Gasteiger partial charge in [0.05, 0.1) is 19.7 Å². The minimum absolute atomic E-state index is 0.0353. The van der Waals surface area contributed by atoms with Gasteiger partial charge in [-0.25, -0.2) is 4.98 Å². The van der Waals surface area contributed by atoms with Gasteiger partial charge in [0.25, 0.3) is 0 Å². The first-order valence-corrected chi connectivity index (χ1v) is 15.6. The predicted octanol–water partition coefficient (Wildman–Crippen LogP) is 6.57. The van der Waals surface area contributed by atoms with E-state index in [0.29, 0.717) is 36.2 Å². The maximum atomic E-state index is 12.4. The Kier molecular flexibility index (Phi) is 9.50. The monoisotopic (exact) mass is 597 g/mol. The third kappa shape index (κ3) is 7.28. The van der Waals surface area contributed by atoms with Gasteiger partial charge in [-0.05, 0) is 53.1 Å². The van der Waals surface area contributed by atoms with E-state index in [1.807, 2.05) is 30.3 Å². The fourth-order valence-electron chi connectivity index (χ4n) is 5.07. The molecule has 0 saturated carbocycles. The predicted molar refractivity (Wildman–Crippen MR) is 173 cm³/mol. The Bertz CT molecular complexity index is 1710. The van der Waals surface area contributed by atoms with E-state index in [1.165, 1.54) is 22.9 Å². The van der Waals surface area contributed by atoms with Crippen molar-refractivity contribution in [2.24, 2.45) is 0 Å². The zero-order valence-corrected chi connectivity index (χ0v) is 26.3. The first kappa shape index (κ1) is 30.4. The molecule has 8 nitrogen and oxygen atoms in total. The molecule has 0 fully saturated rings. The van der Waals surface area contributed by atoms with Crippen molar-refractivity contribution >= 4 is 39.7 Å². The van der Waals surface area contributed by atoms with Crippen LogP contribution in [0.4, 0.5) is 0 Å². The molecule has 224 valence electrons. The molecule has 2 aromatic heterocycles. The summed E-state index contributed by atoms with van der Waals surface area (Å²) in [7, 11) is 3.23. The topological polar surface area (TPSA) is 91.2 Å². The lowest BCUT2D eigenvalue weighted by atomic mass is 9.87. The molecule has 0 atom stereocenters. The number of nitrogens with zero attached hydrogens (tertiary/aromatic N) is 4. The summed E-state index contributed by atoms with van der Waals surface area (Å²) in [4.78, 5) is 17.3. The van der Waals surface area contributed by atoms with Gasteiger partial charge in [-0.2, -0.15) is 0 Å². The Balaban J connectivity index is 1.18. The zero-order chi connectivity index (χ0) is 30.4. The van der Waals surface area contributed by atoms with Crippen LogP contribution in [0.1, 0.15) is 50.3 Å². The highest BCUT2D eigenvalue weighted by atomic mass is 32.2. The maximum Gasteiger partial charge on any atom is 0.220 e. The first-order valence-electron chi connectivity index (χ1n) is 14.6. The van der Waals surface area contributed by atoms with Crippen LogP contribution in [-0.4, -0.2) is 52.2 Å². The molecule has 0 saturated heterocycles. The van der Waals surface area contributed by atoms with Gasteiger partial charge >= 0.3 is 0 Å². The molecule has 2 heterocycles. The molecular weight excluding hydrogens is 558 g/mol. The summed E-state index contributed by atoms with van der Waals surface area (Å²) in [6.07, 6.45) is 1.88. The number of hydrogen-bond donors (Lipinski definition) is 1. The number of carbonyl (C=O) groups is 1. The summed E-state index contributed by atoms with van der Waals surface area (Å²) >= 11 is 1.53. The Morgan fingerprint density at radius 3 is 2.42 bits per heavy atom. The number of thioether (sulfide) groups is 1. The molecule has 43 heavy (non-hydrogen) atoms. The minimum Gasteiger partial charge on any atom is -0.493 e. The van der Waals surface area contributed by atoms with E-state index in [4.69, 9.17) is 14.5 Å². The SMILES string of the molecule is COc1ccc(CCNC(=O)CCCSc2nnc3c4ccccc4n(Cc4ccc(C(C)(C)C)cc4)c3n2)cc1OC. The number of nitrogens with one attached hydrogen (secondary N) is 1. The van der Waals surface area contributed by atoms with E-state index in [9.17, 15) is 4.79 Å². The molecule has 0 spiro atoms. The second kappa shape index (κ2) is 13.5. The summed E-state index contributed by atoms with van der Waals surface area (Å²) in [5.41, 5.74) is 6.43. The average molecular weight is 598 g/mol. The van der Waals surface area contributed by atoms with Crippen molar-refractivity contribution in [1.82, 2.24) is 25.1 Å². The molecule has 0 aliphatic carbocycles. The normalized spacial score (nSPS) is 11.7. The standard InChI is InChI=1S/C34H39N5O3S/c1-34(2,3)25-15-12-24(13-16-25)22-39-27-10-7-6-9-26(27)31-32(39)36-33(38-37-31)43-20-8-11-30(40)35-19-18-23-14-17-28(41-4)29(21-23)42-5/h6-7,9-10,12-17,21H,8,11,18-20,22H2,1-5H3,(H,35,40). The van der Waals surface area contributed by atoms with Crippen molar-refractivity contribution < 1.29 is 14.3 Å². The quantitative estimate of drug-likeness (QED) is 0.128. The Morgan fingerprint density at radius 1 is 0.930 bits per heavy atom. The fraction of sp³-hybridized carbons (Fsp3) is 0.353. The van der Waals surface area contributed by atoms with Crippen LogP contribution in [0.25, 0.3) is 22.1 Å². The largest absolute Gasteiger partial charge is 0.493 e. The third-order valence-electron chi connectivity index (χ3n) is 7.48. The van der Waals surface area contributed by atoms with Gasteiger partial charge in [-0.15, -0.1) is 10.2 Å². The number of amides is 1. The maximum absolute atomic E-state index is 12.4. The summed E-state index contributed by atoms with van der Waals surface area (Å²) < 4.78 is 12.9. The molecule has 1 N–H and O–H groups in total. The molecule has 9 heteroatoms. The van der Waals surface area contributed by atoms with E-state index in [0.717, 1.165) is 46.2 Å². The summed E-state index contributed by atoms with van der Waals surface area (Å²) in [5, 5.41) is 13.7. The van der Waals surface area contributed by atoms with Gasteiger partial charge in [-0.1, -0.05) is 81.1 Å². The highest BCUT2D eigenvalue weighted by Crippen LogP contribution is 2.30. The summed E-state index contributed by atoms with van der Waals surface area (Å²) in [6.45, 7) is 7.94. The van der Waals surface area contributed by atoms with Crippen LogP contribution >= 0.6 is 11.8 Å². The van der Waals surface area contributed by atoms with Gasteiger partial charge in [0, 0.05) is 30.6 Å². The Hall–Kier alpha value is -4.11. The van der Waals surface area contributed by atoms with Gasteiger partial charge in [-0.3, -0.25) is 4.79 Å². The van der Waals surface area contributed by atoms with Crippen molar-refractivity contribution in [1.29, 1.82) is 0 Å². The van der Waals surface area contributed by atoms with Gasteiger partial charge in [0.2, 0.25) is 11.1 Å². The molecule has 0 aliphatic heterocycles. The number of ether oxygens (including phenoxy) is 2. The molecule has 0 bridgehead atoms. The number of aromatic nitrogens is 4. The van der Waals surface area contributed by atoms with Crippen molar-refractivity contribution in [3.63, 3.8) is 0 Å². The average Bonchev–Trinajstić information content (AvgIpc) is 3.31. The second-order valence-electron chi connectivity index (χ2n) is 11.6. The van der Waals surface area contributed by atoms with Crippen LogP contribution in [0.15, 0.2) is 71.9 Å². The second-order valence-corrected chi connectivity index (χ2v) is 12.6.